The summed E-state index contributed by atoms with van der Waals surface area (Å²) >= 11 is 0. The molecule has 0 spiro atoms. The molecule has 5 heteroatoms. The van der Waals surface area contributed by atoms with Gasteiger partial charge < -0.3 is 10.7 Å². The van der Waals surface area contributed by atoms with Crippen molar-refractivity contribution >= 4 is 11.6 Å². The van der Waals surface area contributed by atoms with Gasteiger partial charge in [0, 0.05) is 6.04 Å². The Balaban J connectivity index is 2.10. The zero-order chi connectivity index (χ0) is 13.0. The number of nitrogens with one attached hydrogen (secondary N) is 2. The monoisotopic (exact) mass is 251 g/mol. The van der Waals surface area contributed by atoms with Crippen LogP contribution in [0.3, 0.4) is 0 Å². The van der Waals surface area contributed by atoms with Crippen LogP contribution >= 0.6 is 0 Å². The number of nitrogen functional groups attached to an aromatic ring is 1. The lowest BCUT2D eigenvalue weighted by Crippen LogP contribution is -2.36. The third-order valence-electron chi connectivity index (χ3n) is 3.34. The topological polar surface area (TPSA) is 67.1 Å². The van der Waals surface area contributed by atoms with Gasteiger partial charge in [0.05, 0.1) is 11.3 Å². The Morgan fingerprint density at radius 3 is 2.67 bits per heavy atom. The van der Waals surface area contributed by atoms with Crippen LogP contribution in [0.25, 0.3) is 0 Å². The van der Waals surface area contributed by atoms with Crippen LogP contribution < -0.4 is 16.6 Å². The second-order valence-electron chi connectivity index (χ2n) is 4.62. The number of para-hydroxylation sites is 1. The minimum atomic E-state index is -0.520. The van der Waals surface area contributed by atoms with Crippen molar-refractivity contribution < 1.29 is 9.18 Å². The lowest BCUT2D eigenvalue weighted by atomic mass is 9.95. The Labute approximate surface area is 106 Å². The van der Waals surface area contributed by atoms with Crippen molar-refractivity contribution in [2.45, 2.75) is 38.1 Å². The standard InChI is InChI=1S/C13H18FN3O/c14-11-8-4-7-10(12(11)17-15)13(18)16-9-5-2-1-3-6-9/h4,7-9,17H,1-3,5-6,15H2,(H,16,18). The maximum atomic E-state index is 13.5. The van der Waals surface area contributed by atoms with Gasteiger partial charge >= 0.3 is 0 Å². The number of hydrogen-bond acceptors (Lipinski definition) is 3. The number of anilines is 1. The second kappa shape index (κ2) is 5.82. The summed E-state index contributed by atoms with van der Waals surface area (Å²) in [5.41, 5.74) is 2.55. The van der Waals surface area contributed by atoms with Crippen LogP contribution in [0.1, 0.15) is 42.5 Å². The molecule has 1 aromatic carbocycles. The zero-order valence-electron chi connectivity index (χ0n) is 10.2. The molecule has 0 radical (unpaired) electrons. The van der Waals surface area contributed by atoms with E-state index in [1.54, 1.807) is 6.07 Å². The average Bonchev–Trinajstić information content (AvgIpc) is 2.39. The molecule has 1 aliphatic rings. The number of halogens is 1. The van der Waals surface area contributed by atoms with E-state index in [1.165, 1.54) is 18.6 Å². The van der Waals surface area contributed by atoms with Crippen LogP contribution in [-0.2, 0) is 0 Å². The number of rotatable bonds is 3. The van der Waals surface area contributed by atoms with Crippen LogP contribution in [0.4, 0.5) is 10.1 Å². The van der Waals surface area contributed by atoms with Crippen LogP contribution in [0, 0.1) is 5.82 Å². The summed E-state index contributed by atoms with van der Waals surface area (Å²) in [5.74, 6) is 4.46. The van der Waals surface area contributed by atoms with Crippen LogP contribution in [0.5, 0.6) is 0 Å². The van der Waals surface area contributed by atoms with Gasteiger partial charge in [-0.3, -0.25) is 10.6 Å². The smallest absolute Gasteiger partial charge is 0.253 e. The first kappa shape index (κ1) is 12.8. The molecule has 4 N–H and O–H groups in total. The molecule has 0 heterocycles. The van der Waals surface area contributed by atoms with Gasteiger partial charge in [-0.15, -0.1) is 0 Å². The van der Waals surface area contributed by atoms with E-state index >= 15 is 0 Å². The number of benzene rings is 1. The van der Waals surface area contributed by atoms with Gasteiger partial charge in [-0.1, -0.05) is 25.3 Å². The van der Waals surface area contributed by atoms with E-state index < -0.39 is 5.82 Å². The molecule has 98 valence electrons. The average molecular weight is 251 g/mol. The highest BCUT2D eigenvalue weighted by atomic mass is 19.1. The number of amides is 1. The molecule has 1 amide bonds. The molecule has 0 unspecified atom stereocenters. The fourth-order valence-corrected chi connectivity index (χ4v) is 2.37. The Kier molecular flexibility index (Phi) is 4.15. The molecule has 1 saturated carbocycles. The SMILES string of the molecule is NNc1c(F)cccc1C(=O)NC1CCCCC1. The fraction of sp³-hybridized carbons (Fsp3) is 0.462. The minimum Gasteiger partial charge on any atom is -0.349 e. The molecule has 1 aromatic rings. The van der Waals surface area contributed by atoms with E-state index in [9.17, 15) is 9.18 Å². The summed E-state index contributed by atoms with van der Waals surface area (Å²) in [4.78, 5) is 12.1. The quantitative estimate of drug-likeness (QED) is 0.569. The van der Waals surface area contributed by atoms with Crippen molar-refractivity contribution in [3.63, 3.8) is 0 Å². The molecule has 0 bridgehead atoms. The van der Waals surface area contributed by atoms with E-state index in [0.29, 0.717) is 0 Å². The molecule has 1 aliphatic carbocycles. The van der Waals surface area contributed by atoms with E-state index in [2.05, 4.69) is 10.7 Å². The van der Waals surface area contributed by atoms with E-state index in [0.717, 1.165) is 25.7 Å². The van der Waals surface area contributed by atoms with Gasteiger partial charge in [0.1, 0.15) is 5.82 Å². The predicted molar refractivity (Wildman–Crippen MR) is 68.5 cm³/mol. The van der Waals surface area contributed by atoms with Gasteiger partial charge in [-0.25, -0.2) is 4.39 Å². The molecular formula is C13H18FN3O. The maximum absolute atomic E-state index is 13.5. The van der Waals surface area contributed by atoms with Crippen molar-refractivity contribution in [2.24, 2.45) is 5.84 Å². The van der Waals surface area contributed by atoms with Gasteiger partial charge in [0.25, 0.3) is 5.91 Å². The highest BCUT2D eigenvalue weighted by Crippen LogP contribution is 2.21. The van der Waals surface area contributed by atoms with Crippen molar-refractivity contribution in [2.75, 3.05) is 5.43 Å². The molecular weight excluding hydrogens is 233 g/mol. The Hall–Kier alpha value is -1.62. The number of carbonyl (C=O) groups excluding carboxylic acids is 1. The first-order valence-corrected chi connectivity index (χ1v) is 6.28. The second-order valence-corrected chi connectivity index (χ2v) is 4.62. The molecule has 4 nitrogen and oxygen atoms in total. The Morgan fingerprint density at radius 1 is 1.28 bits per heavy atom. The molecule has 0 aliphatic heterocycles. The van der Waals surface area contributed by atoms with Crippen molar-refractivity contribution in [3.05, 3.63) is 29.6 Å². The number of hydrogen-bond donors (Lipinski definition) is 3. The van der Waals surface area contributed by atoms with Crippen LogP contribution in [0.15, 0.2) is 18.2 Å². The third kappa shape index (κ3) is 2.79. The largest absolute Gasteiger partial charge is 0.349 e. The summed E-state index contributed by atoms with van der Waals surface area (Å²) in [5, 5.41) is 2.94. The summed E-state index contributed by atoms with van der Waals surface area (Å²) in [7, 11) is 0. The normalized spacial score (nSPS) is 16.3. The molecule has 0 aromatic heterocycles. The summed E-state index contributed by atoms with van der Waals surface area (Å²) in [6, 6.07) is 4.54. The third-order valence-corrected chi connectivity index (χ3v) is 3.34. The number of hydrazine groups is 1. The molecule has 18 heavy (non-hydrogen) atoms. The maximum Gasteiger partial charge on any atom is 0.253 e. The van der Waals surface area contributed by atoms with Gasteiger partial charge in [0.15, 0.2) is 0 Å². The Morgan fingerprint density at radius 2 is 2.00 bits per heavy atom. The lowest BCUT2D eigenvalue weighted by Gasteiger charge is -2.23. The van der Waals surface area contributed by atoms with Crippen molar-refractivity contribution in [1.29, 1.82) is 0 Å². The van der Waals surface area contributed by atoms with E-state index in [1.807, 2.05) is 0 Å². The summed E-state index contributed by atoms with van der Waals surface area (Å²) in [6.07, 6.45) is 5.48. The molecule has 0 saturated heterocycles. The zero-order valence-corrected chi connectivity index (χ0v) is 10.2. The first-order valence-electron chi connectivity index (χ1n) is 6.28. The number of carbonyl (C=O) groups is 1. The Bertz CT molecular complexity index is 430. The predicted octanol–water partition coefficient (Wildman–Crippen LogP) is 2.17. The highest BCUT2D eigenvalue weighted by molar-refractivity contribution is 5.99. The van der Waals surface area contributed by atoms with E-state index in [4.69, 9.17) is 5.84 Å². The van der Waals surface area contributed by atoms with Gasteiger partial charge in [-0.05, 0) is 25.0 Å². The van der Waals surface area contributed by atoms with Crippen molar-refractivity contribution in [1.82, 2.24) is 5.32 Å². The fourth-order valence-electron chi connectivity index (χ4n) is 2.37. The first-order chi connectivity index (χ1) is 8.72. The molecule has 0 atom stereocenters. The minimum absolute atomic E-state index is 0.0470. The highest BCUT2D eigenvalue weighted by Gasteiger charge is 2.19. The lowest BCUT2D eigenvalue weighted by molar-refractivity contribution is 0.0928. The van der Waals surface area contributed by atoms with Crippen LogP contribution in [-0.4, -0.2) is 11.9 Å². The molecule has 2 rings (SSSR count). The number of nitrogens with two attached hydrogens (primary N) is 1. The van der Waals surface area contributed by atoms with Crippen molar-refractivity contribution in [3.8, 4) is 0 Å². The van der Waals surface area contributed by atoms with Gasteiger partial charge in [-0.2, -0.15) is 0 Å². The molecule has 1 fully saturated rings. The van der Waals surface area contributed by atoms with Crippen LogP contribution in [0.2, 0.25) is 0 Å². The summed E-state index contributed by atoms with van der Waals surface area (Å²) < 4.78 is 13.5. The summed E-state index contributed by atoms with van der Waals surface area (Å²) in [6.45, 7) is 0. The van der Waals surface area contributed by atoms with E-state index in [-0.39, 0.29) is 23.2 Å². The van der Waals surface area contributed by atoms with Gasteiger partial charge in [0.2, 0.25) is 0 Å².